The number of nitrogens with zero attached hydrogens (tertiary/aromatic N) is 1. The van der Waals surface area contributed by atoms with Gasteiger partial charge in [-0.05, 0) is 46.2 Å². The van der Waals surface area contributed by atoms with Gasteiger partial charge in [-0.2, -0.15) is 0 Å². The quantitative estimate of drug-likeness (QED) is 0.280. The average Bonchev–Trinajstić information content (AvgIpc) is 2.82. The highest BCUT2D eigenvalue weighted by atomic mass is 32.2. The Morgan fingerprint density at radius 1 is 0.800 bits per heavy atom. The lowest BCUT2D eigenvalue weighted by Crippen LogP contribution is -2.24. The zero-order valence-corrected chi connectivity index (χ0v) is 17.6. The van der Waals surface area contributed by atoms with Gasteiger partial charge in [0.25, 0.3) is 0 Å². The summed E-state index contributed by atoms with van der Waals surface area (Å²) < 4.78 is 3.46. The van der Waals surface area contributed by atoms with Gasteiger partial charge in [0.1, 0.15) is 0 Å². The molecule has 1 aromatic heterocycles. The number of pyridine rings is 1. The number of aromatic nitrogens is 1. The van der Waals surface area contributed by atoms with E-state index in [1.807, 2.05) is 12.4 Å². The molecule has 30 heavy (non-hydrogen) atoms. The molecule has 0 fully saturated rings. The van der Waals surface area contributed by atoms with Gasteiger partial charge in [-0.1, -0.05) is 78.9 Å². The normalized spacial score (nSPS) is 10.8. The minimum absolute atomic E-state index is 0.825. The first-order valence-corrected chi connectivity index (χ1v) is 11.0. The lowest BCUT2D eigenvalue weighted by atomic mass is 9.98. The second-order valence-electron chi connectivity index (χ2n) is 6.90. The van der Waals surface area contributed by atoms with Crippen LogP contribution in [0, 0.1) is 0 Å². The molecule has 0 amide bonds. The predicted molar refractivity (Wildman–Crippen MR) is 128 cm³/mol. The minimum Gasteiger partial charge on any atom is -0.312 e. The Balaban J connectivity index is 1.29. The highest BCUT2D eigenvalue weighted by Gasteiger charge is 2.04. The number of fused-ring (bicyclic) bond motifs is 1. The molecule has 150 valence electrons. The number of hydrogen-bond acceptors (Lipinski definition) is 4. The summed E-state index contributed by atoms with van der Waals surface area (Å²) in [6.45, 7) is 2.60. The maximum atomic E-state index is 4.20. The topological polar surface area (TPSA) is 37.0 Å². The average molecular weight is 412 g/mol. The number of nitrogens with one attached hydrogen (secondary N) is 2. The van der Waals surface area contributed by atoms with Crippen molar-refractivity contribution in [3.8, 4) is 0 Å². The summed E-state index contributed by atoms with van der Waals surface area (Å²) in [4.78, 5) is 5.42. The largest absolute Gasteiger partial charge is 0.312 e. The van der Waals surface area contributed by atoms with Crippen LogP contribution in [0.15, 0.2) is 108 Å². The van der Waals surface area contributed by atoms with Gasteiger partial charge < -0.3 is 5.32 Å². The smallest absolute Gasteiger partial charge is 0.0346 e. The van der Waals surface area contributed by atoms with Crippen LogP contribution in [0.5, 0.6) is 0 Å². The summed E-state index contributed by atoms with van der Waals surface area (Å²) in [7, 11) is 0. The predicted octanol–water partition coefficient (Wildman–Crippen LogP) is 5.55. The van der Waals surface area contributed by atoms with Crippen LogP contribution in [0.4, 0.5) is 0 Å². The van der Waals surface area contributed by atoms with Crippen molar-refractivity contribution in [1.29, 1.82) is 0 Å². The van der Waals surface area contributed by atoms with Crippen molar-refractivity contribution in [2.75, 3.05) is 19.6 Å². The lowest BCUT2D eigenvalue weighted by molar-refractivity contribution is 0.735. The van der Waals surface area contributed by atoms with E-state index >= 15 is 0 Å². The Hall–Kier alpha value is -2.92. The molecule has 0 bridgehead atoms. The van der Waals surface area contributed by atoms with Crippen molar-refractivity contribution in [3.05, 3.63) is 115 Å². The monoisotopic (exact) mass is 411 g/mol. The Morgan fingerprint density at radius 2 is 1.53 bits per heavy atom. The number of rotatable bonds is 9. The summed E-state index contributed by atoms with van der Waals surface area (Å²) >= 11 is 1.67. The molecular formula is C26H25N3S. The molecule has 0 saturated heterocycles. The second-order valence-corrected chi connectivity index (χ2v) is 7.84. The molecule has 0 spiro atoms. The third-order valence-electron chi connectivity index (χ3n) is 4.85. The minimum atomic E-state index is 0.825. The Bertz CT molecular complexity index is 1050. The molecular weight excluding hydrogens is 386 g/mol. The van der Waals surface area contributed by atoms with Gasteiger partial charge in [-0.15, -0.1) is 0 Å². The SMILES string of the molecule is C(CNCCNSc1cccc2cnccc12)=C(c1ccccc1)c1ccccc1. The molecule has 0 radical (unpaired) electrons. The summed E-state index contributed by atoms with van der Waals surface area (Å²) in [5, 5.41) is 5.92. The fourth-order valence-corrected chi connectivity index (χ4v) is 4.17. The molecule has 1 heterocycles. The Kier molecular flexibility index (Phi) is 7.29. The van der Waals surface area contributed by atoms with E-state index in [9.17, 15) is 0 Å². The van der Waals surface area contributed by atoms with Crippen molar-refractivity contribution >= 4 is 28.3 Å². The Morgan fingerprint density at radius 3 is 2.27 bits per heavy atom. The Labute approximate surface area is 182 Å². The van der Waals surface area contributed by atoms with E-state index in [0.717, 1.165) is 19.6 Å². The van der Waals surface area contributed by atoms with Gasteiger partial charge in [-0.3, -0.25) is 9.71 Å². The van der Waals surface area contributed by atoms with Crippen molar-refractivity contribution in [3.63, 3.8) is 0 Å². The highest BCUT2D eigenvalue weighted by molar-refractivity contribution is 7.97. The van der Waals surface area contributed by atoms with Crippen LogP contribution < -0.4 is 10.0 Å². The summed E-state index contributed by atoms with van der Waals surface area (Å²) in [5.41, 5.74) is 3.74. The summed E-state index contributed by atoms with van der Waals surface area (Å²) in [5.74, 6) is 0. The maximum absolute atomic E-state index is 4.20. The number of hydrogen-bond donors (Lipinski definition) is 2. The van der Waals surface area contributed by atoms with Gasteiger partial charge in [0, 0.05) is 42.3 Å². The molecule has 0 aliphatic carbocycles. The fraction of sp³-hybridized carbons (Fsp3) is 0.115. The van der Waals surface area contributed by atoms with E-state index in [1.165, 1.54) is 32.4 Å². The molecule has 0 aliphatic rings. The number of benzene rings is 3. The highest BCUT2D eigenvalue weighted by Crippen LogP contribution is 2.25. The van der Waals surface area contributed by atoms with Crippen LogP contribution in [0.1, 0.15) is 11.1 Å². The third kappa shape index (κ3) is 5.36. The van der Waals surface area contributed by atoms with E-state index in [-0.39, 0.29) is 0 Å². The van der Waals surface area contributed by atoms with Crippen LogP contribution >= 0.6 is 11.9 Å². The van der Waals surface area contributed by atoms with Crippen molar-refractivity contribution in [2.24, 2.45) is 0 Å². The standard InChI is InChI=1S/C26H25N3S/c1-3-8-21(9-4-1)24(22-10-5-2-6-11-22)14-16-27-18-19-29-30-26-13-7-12-23-20-28-17-15-25(23)26/h1-15,17,20,27,29H,16,18-19H2. The van der Waals surface area contributed by atoms with Crippen molar-refractivity contribution < 1.29 is 0 Å². The van der Waals surface area contributed by atoms with Gasteiger partial charge in [0.05, 0.1) is 0 Å². The van der Waals surface area contributed by atoms with Gasteiger partial charge in [0.15, 0.2) is 0 Å². The van der Waals surface area contributed by atoms with E-state index < -0.39 is 0 Å². The molecule has 4 rings (SSSR count). The van der Waals surface area contributed by atoms with E-state index in [0.29, 0.717) is 0 Å². The maximum Gasteiger partial charge on any atom is 0.0346 e. The van der Waals surface area contributed by atoms with Gasteiger partial charge in [-0.25, -0.2) is 0 Å². The van der Waals surface area contributed by atoms with E-state index in [2.05, 4.69) is 106 Å². The molecule has 0 unspecified atom stereocenters. The van der Waals surface area contributed by atoms with Gasteiger partial charge >= 0.3 is 0 Å². The van der Waals surface area contributed by atoms with Crippen LogP contribution in [-0.2, 0) is 0 Å². The van der Waals surface area contributed by atoms with Crippen LogP contribution in [0.3, 0.4) is 0 Å². The third-order valence-corrected chi connectivity index (χ3v) is 5.77. The first-order valence-electron chi connectivity index (χ1n) is 10.2. The lowest BCUT2D eigenvalue weighted by Gasteiger charge is -2.10. The molecule has 3 nitrogen and oxygen atoms in total. The first kappa shape index (κ1) is 20.4. The first-order chi connectivity index (χ1) is 14.9. The van der Waals surface area contributed by atoms with Crippen molar-refractivity contribution in [1.82, 2.24) is 15.0 Å². The molecule has 0 saturated carbocycles. The molecule has 2 N–H and O–H groups in total. The van der Waals surface area contributed by atoms with Crippen LogP contribution in [-0.4, -0.2) is 24.6 Å². The molecule has 0 aliphatic heterocycles. The summed E-state index contributed by atoms with van der Waals surface area (Å²) in [6.07, 6.45) is 6.02. The van der Waals surface area contributed by atoms with Gasteiger partial charge in [0.2, 0.25) is 0 Å². The second kappa shape index (κ2) is 10.7. The molecule has 4 aromatic rings. The fourth-order valence-electron chi connectivity index (χ4n) is 3.36. The van der Waals surface area contributed by atoms with E-state index in [4.69, 9.17) is 0 Å². The molecule has 0 atom stereocenters. The summed E-state index contributed by atoms with van der Waals surface area (Å²) in [6, 6.07) is 29.5. The zero-order valence-electron chi connectivity index (χ0n) is 16.8. The van der Waals surface area contributed by atoms with E-state index in [1.54, 1.807) is 11.9 Å². The van der Waals surface area contributed by atoms with Crippen molar-refractivity contribution in [2.45, 2.75) is 4.90 Å². The molecule has 3 aromatic carbocycles. The van der Waals surface area contributed by atoms with Crippen LogP contribution in [0.25, 0.3) is 16.3 Å². The van der Waals surface area contributed by atoms with Crippen LogP contribution in [0.2, 0.25) is 0 Å². The zero-order chi connectivity index (χ0) is 20.4. The molecule has 4 heteroatoms.